The van der Waals surface area contributed by atoms with E-state index in [1.807, 2.05) is 24.2 Å². The molecule has 0 unspecified atom stereocenters. The molecule has 1 aliphatic carbocycles. The van der Waals surface area contributed by atoms with Gasteiger partial charge in [-0.3, -0.25) is 10.2 Å². The van der Waals surface area contributed by atoms with Crippen molar-refractivity contribution in [2.75, 3.05) is 13.7 Å². The second-order valence-electron chi connectivity index (χ2n) is 7.52. The highest BCUT2D eigenvalue weighted by Crippen LogP contribution is 2.29. The summed E-state index contributed by atoms with van der Waals surface area (Å²) in [5.74, 6) is -0.990. The average Bonchev–Trinajstić information content (AvgIpc) is 3.30. The van der Waals surface area contributed by atoms with E-state index in [1.54, 1.807) is 25.4 Å². The van der Waals surface area contributed by atoms with E-state index in [-0.39, 0.29) is 23.8 Å². The number of pyridine rings is 1. The van der Waals surface area contributed by atoms with Crippen LogP contribution in [0.1, 0.15) is 44.6 Å². The lowest BCUT2D eigenvalue weighted by atomic mass is 9.95. The van der Waals surface area contributed by atoms with E-state index in [1.165, 1.54) is 19.3 Å². The Balaban J connectivity index is 1.62. The van der Waals surface area contributed by atoms with Gasteiger partial charge in [0.25, 0.3) is 0 Å². The first kappa shape index (κ1) is 20.2. The molecule has 8 heteroatoms. The molecule has 30 heavy (non-hydrogen) atoms. The van der Waals surface area contributed by atoms with E-state index in [0.29, 0.717) is 11.7 Å². The van der Waals surface area contributed by atoms with E-state index in [9.17, 15) is 9.59 Å². The lowest BCUT2D eigenvalue weighted by molar-refractivity contribution is -0.139. The fraction of sp³-hybridized carbons (Fsp3) is 0.409. The number of aromatic nitrogens is 2. The summed E-state index contributed by atoms with van der Waals surface area (Å²) in [5, 5.41) is 2.79. The van der Waals surface area contributed by atoms with Crippen LogP contribution in [0, 0.1) is 0 Å². The van der Waals surface area contributed by atoms with Crippen molar-refractivity contribution < 1.29 is 19.1 Å². The van der Waals surface area contributed by atoms with Crippen LogP contribution in [0.4, 0.5) is 0 Å². The summed E-state index contributed by atoms with van der Waals surface area (Å²) in [5.41, 5.74) is 4.48. The maximum atomic E-state index is 13.0. The maximum Gasteiger partial charge on any atom is 0.347 e. The van der Waals surface area contributed by atoms with Crippen molar-refractivity contribution in [3.63, 3.8) is 0 Å². The highest BCUT2D eigenvalue weighted by atomic mass is 16.5. The highest BCUT2D eigenvalue weighted by Gasteiger charge is 2.38. The van der Waals surface area contributed by atoms with Crippen LogP contribution in [-0.2, 0) is 19.1 Å². The summed E-state index contributed by atoms with van der Waals surface area (Å²) >= 11 is 0. The first-order valence-corrected chi connectivity index (χ1v) is 10.4. The first-order valence-electron chi connectivity index (χ1n) is 10.4. The average molecular weight is 410 g/mol. The van der Waals surface area contributed by atoms with Gasteiger partial charge in [-0.05, 0) is 38.0 Å². The zero-order valence-corrected chi connectivity index (χ0v) is 17.2. The van der Waals surface area contributed by atoms with Crippen LogP contribution in [-0.4, -0.2) is 46.4 Å². The summed E-state index contributed by atoms with van der Waals surface area (Å²) in [6.07, 6.45) is 10.8. The standard InChI is InChI=1S/C22H26N4O4/c1-3-29-22(28)18-19(27)17(12-14-13-24-20-16(14)10-7-11-23-20)30-21(18)25-26(2)15-8-5-4-6-9-15/h7,10-13,15,25H,3-6,8-9H2,1-2H3,(H,23,24). The second-order valence-corrected chi connectivity index (χ2v) is 7.52. The van der Waals surface area contributed by atoms with Gasteiger partial charge < -0.3 is 14.5 Å². The third kappa shape index (κ3) is 3.95. The molecule has 0 saturated heterocycles. The minimum absolute atomic E-state index is 0.0716. The number of aromatic amines is 1. The molecule has 0 spiro atoms. The molecule has 8 nitrogen and oxygen atoms in total. The van der Waals surface area contributed by atoms with Crippen molar-refractivity contribution in [3.8, 4) is 0 Å². The molecule has 4 rings (SSSR count). The van der Waals surface area contributed by atoms with Gasteiger partial charge in [0, 0.05) is 36.4 Å². The number of fused-ring (bicyclic) bond motifs is 1. The fourth-order valence-electron chi connectivity index (χ4n) is 3.95. The van der Waals surface area contributed by atoms with E-state index in [0.717, 1.165) is 23.8 Å². The number of nitrogens with zero attached hydrogens (tertiary/aromatic N) is 2. The molecule has 2 aromatic rings. The number of carbonyl (C=O) groups is 2. The van der Waals surface area contributed by atoms with Crippen LogP contribution in [0.5, 0.6) is 0 Å². The molecular weight excluding hydrogens is 384 g/mol. The number of H-pyrrole nitrogens is 1. The smallest absolute Gasteiger partial charge is 0.347 e. The first-order chi connectivity index (χ1) is 14.6. The number of Topliss-reactive ketones (excluding diaryl/α,β-unsaturated/α-hetero) is 1. The van der Waals surface area contributed by atoms with Crippen LogP contribution < -0.4 is 5.43 Å². The van der Waals surface area contributed by atoms with Crippen LogP contribution in [0.15, 0.2) is 41.7 Å². The number of nitrogens with one attached hydrogen (secondary N) is 2. The van der Waals surface area contributed by atoms with Crippen LogP contribution >= 0.6 is 0 Å². The molecule has 2 aliphatic rings. The van der Waals surface area contributed by atoms with Gasteiger partial charge in [-0.15, -0.1) is 0 Å². The van der Waals surface area contributed by atoms with Crippen molar-refractivity contribution in [2.24, 2.45) is 0 Å². The Bertz CT molecular complexity index is 1020. The molecular formula is C22H26N4O4. The molecule has 3 heterocycles. The molecule has 2 N–H and O–H groups in total. The predicted molar refractivity (Wildman–Crippen MR) is 112 cm³/mol. The molecule has 0 radical (unpaired) electrons. The van der Waals surface area contributed by atoms with E-state index in [4.69, 9.17) is 9.47 Å². The highest BCUT2D eigenvalue weighted by molar-refractivity contribution is 6.26. The Kier molecular flexibility index (Phi) is 5.85. The molecule has 1 saturated carbocycles. The van der Waals surface area contributed by atoms with Crippen molar-refractivity contribution in [3.05, 3.63) is 47.3 Å². The molecule has 2 aromatic heterocycles. The fourth-order valence-corrected chi connectivity index (χ4v) is 3.95. The quantitative estimate of drug-likeness (QED) is 0.327. The minimum atomic E-state index is -0.689. The van der Waals surface area contributed by atoms with Gasteiger partial charge >= 0.3 is 5.97 Å². The largest absolute Gasteiger partial charge is 0.462 e. The summed E-state index contributed by atoms with van der Waals surface area (Å²) in [6, 6.07) is 4.05. The van der Waals surface area contributed by atoms with E-state index in [2.05, 4.69) is 15.4 Å². The Hall–Kier alpha value is -3.13. The summed E-state index contributed by atoms with van der Waals surface area (Å²) in [4.78, 5) is 32.8. The SMILES string of the molecule is CCOC(=O)C1=C(NN(C)C2CCCCC2)OC(=Cc2c[nH]c3ncccc23)C1=O. The van der Waals surface area contributed by atoms with E-state index < -0.39 is 11.8 Å². The van der Waals surface area contributed by atoms with Gasteiger partial charge in [0.05, 0.1) is 6.61 Å². The number of ether oxygens (including phenoxy) is 2. The Morgan fingerprint density at radius 2 is 2.20 bits per heavy atom. The Labute approximate surface area is 174 Å². The maximum absolute atomic E-state index is 13.0. The molecule has 158 valence electrons. The van der Waals surface area contributed by atoms with Crippen molar-refractivity contribution in [2.45, 2.75) is 45.1 Å². The Morgan fingerprint density at radius 1 is 1.40 bits per heavy atom. The van der Waals surface area contributed by atoms with Gasteiger partial charge in [-0.25, -0.2) is 14.8 Å². The summed E-state index contributed by atoms with van der Waals surface area (Å²) < 4.78 is 10.9. The monoisotopic (exact) mass is 410 g/mol. The number of allylic oxidation sites excluding steroid dienone is 1. The molecule has 0 aromatic carbocycles. The van der Waals surface area contributed by atoms with Crippen LogP contribution in [0.25, 0.3) is 17.1 Å². The zero-order chi connectivity index (χ0) is 21.1. The lowest BCUT2D eigenvalue weighted by Crippen LogP contribution is -2.43. The normalized spacial score (nSPS) is 19.0. The lowest BCUT2D eigenvalue weighted by Gasteiger charge is -2.31. The number of hydrogen-bond donors (Lipinski definition) is 2. The van der Waals surface area contributed by atoms with Crippen molar-refractivity contribution >= 4 is 28.9 Å². The van der Waals surface area contributed by atoms with E-state index >= 15 is 0 Å². The number of ketones is 1. The third-order valence-corrected chi connectivity index (χ3v) is 5.54. The van der Waals surface area contributed by atoms with Crippen molar-refractivity contribution in [1.82, 2.24) is 20.4 Å². The molecule has 1 aliphatic heterocycles. The van der Waals surface area contributed by atoms with Gasteiger partial charge in [-0.2, -0.15) is 0 Å². The molecule has 1 fully saturated rings. The summed E-state index contributed by atoms with van der Waals surface area (Å²) in [6.45, 7) is 1.88. The number of rotatable bonds is 6. The van der Waals surface area contributed by atoms with Gasteiger partial charge in [0.1, 0.15) is 5.65 Å². The topological polar surface area (TPSA) is 96.6 Å². The molecule has 0 bridgehead atoms. The number of esters is 1. The van der Waals surface area contributed by atoms with Crippen LogP contribution in [0.2, 0.25) is 0 Å². The van der Waals surface area contributed by atoms with Gasteiger partial charge in [-0.1, -0.05) is 19.3 Å². The third-order valence-electron chi connectivity index (χ3n) is 5.54. The van der Waals surface area contributed by atoms with Gasteiger partial charge in [0.2, 0.25) is 11.7 Å². The minimum Gasteiger partial charge on any atom is -0.462 e. The van der Waals surface area contributed by atoms with Crippen LogP contribution in [0.3, 0.4) is 0 Å². The number of hydrogen-bond acceptors (Lipinski definition) is 7. The zero-order valence-electron chi connectivity index (χ0n) is 17.2. The molecule has 0 atom stereocenters. The van der Waals surface area contributed by atoms with Gasteiger partial charge in [0.15, 0.2) is 11.3 Å². The number of carbonyl (C=O) groups excluding carboxylic acids is 2. The Morgan fingerprint density at radius 3 is 2.97 bits per heavy atom. The predicted octanol–water partition coefficient (Wildman–Crippen LogP) is 3.05. The second kappa shape index (κ2) is 8.71. The number of hydrazine groups is 1. The van der Waals surface area contributed by atoms with Crippen molar-refractivity contribution in [1.29, 1.82) is 0 Å². The molecule has 0 amide bonds. The summed E-state index contributed by atoms with van der Waals surface area (Å²) in [7, 11) is 1.91.